The molecule has 6 nitrogen and oxygen atoms in total. The van der Waals surface area contributed by atoms with E-state index in [1.165, 1.54) is 19.3 Å². The summed E-state index contributed by atoms with van der Waals surface area (Å²) < 4.78 is 5.32. The SMILES string of the molecule is CCCCC(CC)CNC(=NC)NCc1ccc(C(N)=O)o1.I. The van der Waals surface area contributed by atoms with Crippen LogP contribution in [0.4, 0.5) is 0 Å². The van der Waals surface area contributed by atoms with E-state index in [1.54, 1.807) is 19.2 Å². The Morgan fingerprint density at radius 3 is 2.61 bits per heavy atom. The third kappa shape index (κ3) is 8.24. The summed E-state index contributed by atoms with van der Waals surface area (Å²) in [6.07, 6.45) is 4.87. The number of halogens is 1. The third-order valence-electron chi connectivity index (χ3n) is 3.66. The van der Waals surface area contributed by atoms with Gasteiger partial charge in [-0.05, 0) is 24.5 Å². The maximum atomic E-state index is 11.0. The van der Waals surface area contributed by atoms with E-state index in [1.807, 2.05) is 0 Å². The molecule has 1 heterocycles. The van der Waals surface area contributed by atoms with Crippen molar-refractivity contribution in [3.63, 3.8) is 0 Å². The fourth-order valence-corrected chi connectivity index (χ4v) is 2.18. The van der Waals surface area contributed by atoms with Gasteiger partial charge in [-0.3, -0.25) is 9.79 Å². The highest BCUT2D eigenvalue weighted by Gasteiger charge is 2.09. The molecule has 1 aromatic rings. The van der Waals surface area contributed by atoms with Crippen molar-refractivity contribution in [3.05, 3.63) is 23.7 Å². The molecule has 23 heavy (non-hydrogen) atoms. The summed E-state index contributed by atoms with van der Waals surface area (Å²) in [5, 5.41) is 6.50. The highest BCUT2D eigenvalue weighted by atomic mass is 127. The van der Waals surface area contributed by atoms with E-state index < -0.39 is 5.91 Å². The largest absolute Gasteiger partial charge is 0.454 e. The number of guanidine groups is 1. The Morgan fingerprint density at radius 2 is 2.09 bits per heavy atom. The molecule has 0 aromatic carbocycles. The van der Waals surface area contributed by atoms with E-state index in [0.29, 0.717) is 18.2 Å². The predicted octanol–water partition coefficient (Wildman–Crippen LogP) is 2.88. The van der Waals surface area contributed by atoms with Crippen LogP contribution in [0.25, 0.3) is 0 Å². The van der Waals surface area contributed by atoms with Gasteiger partial charge in [0.05, 0.1) is 6.54 Å². The molecule has 0 saturated heterocycles. The molecule has 7 heteroatoms. The van der Waals surface area contributed by atoms with Crippen LogP contribution < -0.4 is 16.4 Å². The molecule has 0 bridgehead atoms. The van der Waals surface area contributed by atoms with Gasteiger partial charge < -0.3 is 20.8 Å². The Balaban J connectivity index is 0.00000484. The van der Waals surface area contributed by atoms with E-state index in [9.17, 15) is 4.79 Å². The molecule has 0 fully saturated rings. The Hall–Kier alpha value is -1.25. The van der Waals surface area contributed by atoms with Gasteiger partial charge in [-0.1, -0.05) is 33.1 Å². The van der Waals surface area contributed by atoms with Gasteiger partial charge in [0.1, 0.15) is 5.76 Å². The lowest BCUT2D eigenvalue weighted by atomic mass is 9.99. The van der Waals surface area contributed by atoms with Crippen LogP contribution in [0.3, 0.4) is 0 Å². The van der Waals surface area contributed by atoms with Crippen LogP contribution in [-0.4, -0.2) is 25.5 Å². The second-order valence-electron chi connectivity index (χ2n) is 5.35. The number of unbranched alkanes of at least 4 members (excludes halogenated alkanes) is 1. The molecule has 0 aliphatic heterocycles. The van der Waals surface area contributed by atoms with Gasteiger partial charge in [0, 0.05) is 13.6 Å². The summed E-state index contributed by atoms with van der Waals surface area (Å²) in [6.45, 7) is 5.79. The van der Waals surface area contributed by atoms with E-state index in [0.717, 1.165) is 18.9 Å². The van der Waals surface area contributed by atoms with Crippen molar-refractivity contribution in [2.24, 2.45) is 16.6 Å². The van der Waals surface area contributed by atoms with Crippen LogP contribution in [0.1, 0.15) is 55.8 Å². The fraction of sp³-hybridized carbons (Fsp3) is 0.625. The second kappa shape index (κ2) is 12.2. The Morgan fingerprint density at radius 1 is 1.35 bits per heavy atom. The Labute approximate surface area is 155 Å². The van der Waals surface area contributed by atoms with E-state index in [-0.39, 0.29) is 29.7 Å². The summed E-state index contributed by atoms with van der Waals surface area (Å²) in [6, 6.07) is 3.31. The van der Waals surface area contributed by atoms with Gasteiger partial charge >= 0.3 is 0 Å². The lowest BCUT2D eigenvalue weighted by molar-refractivity contribution is 0.0972. The molecule has 0 spiro atoms. The number of primary amides is 1. The minimum Gasteiger partial charge on any atom is -0.454 e. The summed E-state index contributed by atoms with van der Waals surface area (Å²) >= 11 is 0. The number of nitrogens with one attached hydrogen (secondary N) is 2. The average molecular weight is 436 g/mol. The molecular weight excluding hydrogens is 407 g/mol. The highest BCUT2D eigenvalue weighted by Crippen LogP contribution is 2.11. The quantitative estimate of drug-likeness (QED) is 0.315. The summed E-state index contributed by atoms with van der Waals surface area (Å²) in [5.41, 5.74) is 5.16. The first kappa shape index (κ1) is 21.8. The first-order valence-corrected chi connectivity index (χ1v) is 7.93. The average Bonchev–Trinajstić information content (AvgIpc) is 2.99. The molecule has 0 radical (unpaired) electrons. The first-order chi connectivity index (χ1) is 10.6. The number of carbonyl (C=O) groups is 1. The summed E-state index contributed by atoms with van der Waals surface area (Å²) in [5.74, 6) is 1.64. The molecule has 1 amide bonds. The molecule has 132 valence electrons. The molecule has 1 aromatic heterocycles. The second-order valence-corrected chi connectivity index (χ2v) is 5.35. The molecule has 1 rings (SSSR count). The zero-order valence-electron chi connectivity index (χ0n) is 14.2. The lowest BCUT2D eigenvalue weighted by Gasteiger charge is -2.17. The van der Waals surface area contributed by atoms with Crippen molar-refractivity contribution < 1.29 is 9.21 Å². The summed E-state index contributed by atoms with van der Waals surface area (Å²) in [7, 11) is 1.74. The Kier molecular flexibility index (Phi) is 11.5. The van der Waals surface area contributed by atoms with Crippen molar-refractivity contribution in [1.82, 2.24) is 10.6 Å². The third-order valence-corrected chi connectivity index (χ3v) is 3.66. The first-order valence-electron chi connectivity index (χ1n) is 7.93. The monoisotopic (exact) mass is 436 g/mol. The van der Waals surface area contributed by atoms with Gasteiger partial charge in [0.15, 0.2) is 11.7 Å². The molecule has 4 N–H and O–H groups in total. The number of carbonyl (C=O) groups excluding carboxylic acids is 1. The number of nitrogens with two attached hydrogens (primary N) is 1. The van der Waals surface area contributed by atoms with Crippen molar-refractivity contribution in [2.75, 3.05) is 13.6 Å². The number of aliphatic imine (C=N–C) groups is 1. The van der Waals surface area contributed by atoms with Crippen LogP contribution in [0.15, 0.2) is 21.5 Å². The number of amides is 1. The van der Waals surface area contributed by atoms with Crippen LogP contribution in [0, 0.1) is 5.92 Å². The maximum Gasteiger partial charge on any atom is 0.284 e. The number of furan rings is 1. The van der Waals surface area contributed by atoms with Gasteiger partial charge in [-0.2, -0.15) is 0 Å². The van der Waals surface area contributed by atoms with Crippen LogP contribution in [0.2, 0.25) is 0 Å². The summed E-state index contributed by atoms with van der Waals surface area (Å²) in [4.78, 5) is 15.2. The van der Waals surface area contributed by atoms with Crippen molar-refractivity contribution in [2.45, 2.75) is 46.1 Å². The zero-order valence-corrected chi connectivity index (χ0v) is 16.6. The van der Waals surface area contributed by atoms with E-state index >= 15 is 0 Å². The predicted molar refractivity (Wildman–Crippen MR) is 104 cm³/mol. The van der Waals surface area contributed by atoms with Crippen molar-refractivity contribution >= 4 is 35.8 Å². The molecule has 0 aliphatic carbocycles. The molecule has 0 aliphatic rings. The Bertz CT molecular complexity index is 488. The van der Waals surface area contributed by atoms with Crippen LogP contribution >= 0.6 is 24.0 Å². The van der Waals surface area contributed by atoms with E-state index in [4.69, 9.17) is 10.2 Å². The lowest BCUT2D eigenvalue weighted by Crippen LogP contribution is -2.39. The van der Waals surface area contributed by atoms with E-state index in [2.05, 4.69) is 29.5 Å². The number of hydrogen-bond acceptors (Lipinski definition) is 3. The molecular formula is C16H29IN4O2. The normalized spacial score (nSPS) is 12.4. The van der Waals surface area contributed by atoms with Gasteiger partial charge in [-0.15, -0.1) is 24.0 Å². The standard InChI is InChI=1S/C16H28N4O2.HI/c1-4-6-7-12(5-2)10-19-16(18-3)20-11-13-8-9-14(22-13)15(17)21;/h8-9,12H,4-7,10-11H2,1-3H3,(H2,17,21)(H2,18,19,20);1H. The topological polar surface area (TPSA) is 92.6 Å². The number of nitrogens with zero attached hydrogens (tertiary/aromatic N) is 1. The molecule has 0 saturated carbocycles. The minimum absolute atomic E-state index is 0. The molecule has 1 atom stereocenters. The van der Waals surface area contributed by atoms with Crippen LogP contribution in [0.5, 0.6) is 0 Å². The maximum absolute atomic E-state index is 11.0. The highest BCUT2D eigenvalue weighted by molar-refractivity contribution is 14.0. The number of rotatable bonds is 9. The smallest absolute Gasteiger partial charge is 0.284 e. The van der Waals surface area contributed by atoms with Gasteiger partial charge in [0.2, 0.25) is 0 Å². The number of hydrogen-bond donors (Lipinski definition) is 3. The van der Waals surface area contributed by atoms with Crippen molar-refractivity contribution in [1.29, 1.82) is 0 Å². The fourth-order valence-electron chi connectivity index (χ4n) is 2.18. The molecule has 1 unspecified atom stereocenters. The van der Waals surface area contributed by atoms with Crippen molar-refractivity contribution in [3.8, 4) is 0 Å². The minimum atomic E-state index is -0.560. The zero-order chi connectivity index (χ0) is 16.4. The van der Waals surface area contributed by atoms with Gasteiger partial charge in [0.25, 0.3) is 5.91 Å². The van der Waals surface area contributed by atoms with Gasteiger partial charge in [-0.25, -0.2) is 0 Å². The van der Waals surface area contributed by atoms with Crippen LogP contribution in [-0.2, 0) is 6.54 Å².